The number of fused-ring (bicyclic) bond motifs is 1. The molecule has 4 heteroatoms. The van der Waals surface area contributed by atoms with Gasteiger partial charge in [0, 0.05) is 6.04 Å². The Balaban J connectivity index is 2.17. The molecule has 2 unspecified atom stereocenters. The maximum Gasteiger partial charge on any atom is 0.117 e. The number of ether oxygens (including phenoxy) is 1. The van der Waals surface area contributed by atoms with Crippen LogP contribution >= 0.6 is 0 Å². The number of aromatic amines is 1. The SMILES string of the molecule is Cc1cc(C)c2nc(C3(C)COCC3N)[nH]c2c1. The number of rotatable bonds is 1. The monoisotopic (exact) mass is 245 g/mol. The first-order chi connectivity index (χ1) is 8.50. The van der Waals surface area contributed by atoms with Gasteiger partial charge in [0.1, 0.15) is 5.82 Å². The summed E-state index contributed by atoms with van der Waals surface area (Å²) in [7, 11) is 0. The molecule has 2 atom stereocenters. The van der Waals surface area contributed by atoms with Crippen LogP contribution < -0.4 is 5.73 Å². The van der Waals surface area contributed by atoms with Crippen molar-refractivity contribution in [3.05, 3.63) is 29.1 Å². The van der Waals surface area contributed by atoms with Gasteiger partial charge in [-0.2, -0.15) is 0 Å². The Kier molecular flexibility index (Phi) is 2.47. The number of nitrogens with one attached hydrogen (secondary N) is 1. The molecule has 1 aromatic carbocycles. The van der Waals surface area contributed by atoms with Crippen LogP contribution in [0.3, 0.4) is 0 Å². The largest absolute Gasteiger partial charge is 0.379 e. The summed E-state index contributed by atoms with van der Waals surface area (Å²) >= 11 is 0. The summed E-state index contributed by atoms with van der Waals surface area (Å²) in [6, 6.07) is 4.28. The minimum absolute atomic E-state index is 0.000495. The van der Waals surface area contributed by atoms with Crippen LogP contribution in [-0.2, 0) is 10.2 Å². The van der Waals surface area contributed by atoms with Crippen molar-refractivity contribution in [2.45, 2.75) is 32.2 Å². The average Bonchev–Trinajstić information content (AvgIpc) is 2.85. The van der Waals surface area contributed by atoms with Gasteiger partial charge in [-0.1, -0.05) is 6.07 Å². The van der Waals surface area contributed by atoms with E-state index >= 15 is 0 Å². The molecule has 3 N–H and O–H groups in total. The van der Waals surface area contributed by atoms with Crippen LogP contribution in [0, 0.1) is 13.8 Å². The molecule has 0 radical (unpaired) electrons. The maximum absolute atomic E-state index is 6.15. The van der Waals surface area contributed by atoms with Gasteiger partial charge in [-0.25, -0.2) is 4.98 Å². The Morgan fingerprint density at radius 2 is 2.22 bits per heavy atom. The first kappa shape index (κ1) is 11.7. The molecule has 0 spiro atoms. The smallest absolute Gasteiger partial charge is 0.117 e. The molecule has 96 valence electrons. The molecule has 2 heterocycles. The third-order valence-electron chi connectivity index (χ3n) is 3.98. The lowest BCUT2D eigenvalue weighted by Crippen LogP contribution is -2.42. The van der Waals surface area contributed by atoms with E-state index in [2.05, 4.69) is 37.9 Å². The Morgan fingerprint density at radius 3 is 2.89 bits per heavy atom. The topological polar surface area (TPSA) is 63.9 Å². The van der Waals surface area contributed by atoms with Gasteiger partial charge >= 0.3 is 0 Å². The summed E-state index contributed by atoms with van der Waals surface area (Å²) in [4.78, 5) is 8.16. The van der Waals surface area contributed by atoms with E-state index in [1.54, 1.807) is 0 Å². The first-order valence-corrected chi connectivity index (χ1v) is 6.31. The Hall–Kier alpha value is -1.39. The van der Waals surface area contributed by atoms with Crippen molar-refractivity contribution < 1.29 is 4.74 Å². The quantitative estimate of drug-likeness (QED) is 0.805. The number of aryl methyl sites for hydroxylation is 2. The van der Waals surface area contributed by atoms with Gasteiger partial charge in [-0.15, -0.1) is 0 Å². The third-order valence-corrected chi connectivity index (χ3v) is 3.98. The number of nitrogens with zero attached hydrogens (tertiary/aromatic N) is 1. The van der Waals surface area contributed by atoms with E-state index in [0.717, 1.165) is 16.9 Å². The molecule has 18 heavy (non-hydrogen) atoms. The fourth-order valence-electron chi connectivity index (χ4n) is 2.67. The highest BCUT2D eigenvalue weighted by Crippen LogP contribution is 2.32. The van der Waals surface area contributed by atoms with Crippen molar-refractivity contribution in [2.75, 3.05) is 13.2 Å². The molecular weight excluding hydrogens is 226 g/mol. The number of nitrogens with two attached hydrogens (primary N) is 1. The first-order valence-electron chi connectivity index (χ1n) is 6.31. The number of H-pyrrole nitrogens is 1. The molecular formula is C14H19N3O. The van der Waals surface area contributed by atoms with Gasteiger partial charge in [-0.05, 0) is 38.0 Å². The second-order valence-corrected chi connectivity index (χ2v) is 5.60. The summed E-state index contributed by atoms with van der Waals surface area (Å²) in [5.41, 5.74) is 10.5. The molecule has 1 fully saturated rings. The average molecular weight is 245 g/mol. The molecule has 1 aliphatic heterocycles. The van der Waals surface area contributed by atoms with Gasteiger partial charge in [0.2, 0.25) is 0 Å². The van der Waals surface area contributed by atoms with Crippen molar-refractivity contribution in [1.82, 2.24) is 9.97 Å². The molecule has 4 nitrogen and oxygen atoms in total. The Morgan fingerprint density at radius 1 is 1.44 bits per heavy atom. The molecule has 0 amide bonds. The molecule has 1 aliphatic rings. The van der Waals surface area contributed by atoms with Crippen LogP contribution in [0.15, 0.2) is 12.1 Å². The lowest BCUT2D eigenvalue weighted by Gasteiger charge is -2.23. The summed E-state index contributed by atoms with van der Waals surface area (Å²) in [6.45, 7) is 7.54. The van der Waals surface area contributed by atoms with E-state index in [0.29, 0.717) is 13.2 Å². The molecule has 0 aliphatic carbocycles. The highest BCUT2D eigenvalue weighted by atomic mass is 16.5. The van der Waals surface area contributed by atoms with E-state index in [1.807, 2.05) is 0 Å². The van der Waals surface area contributed by atoms with Crippen molar-refractivity contribution in [1.29, 1.82) is 0 Å². The lowest BCUT2D eigenvalue weighted by molar-refractivity contribution is 0.178. The van der Waals surface area contributed by atoms with E-state index in [9.17, 15) is 0 Å². The van der Waals surface area contributed by atoms with Crippen molar-refractivity contribution in [2.24, 2.45) is 5.73 Å². The van der Waals surface area contributed by atoms with E-state index in [-0.39, 0.29) is 11.5 Å². The fourth-order valence-corrected chi connectivity index (χ4v) is 2.67. The maximum atomic E-state index is 6.15. The number of aromatic nitrogens is 2. The predicted molar refractivity (Wildman–Crippen MR) is 71.7 cm³/mol. The summed E-state index contributed by atoms with van der Waals surface area (Å²) < 4.78 is 5.49. The zero-order chi connectivity index (χ0) is 12.9. The number of benzene rings is 1. The summed E-state index contributed by atoms with van der Waals surface area (Å²) in [6.07, 6.45) is 0. The van der Waals surface area contributed by atoms with Crippen molar-refractivity contribution >= 4 is 11.0 Å². The normalized spacial score (nSPS) is 28.1. The van der Waals surface area contributed by atoms with Gasteiger partial charge in [0.05, 0.1) is 29.7 Å². The van der Waals surface area contributed by atoms with Crippen LogP contribution in [0.4, 0.5) is 0 Å². The van der Waals surface area contributed by atoms with Gasteiger partial charge in [0.15, 0.2) is 0 Å². The molecule has 1 saturated heterocycles. The predicted octanol–water partition coefficient (Wildman–Crippen LogP) is 1.79. The van der Waals surface area contributed by atoms with E-state index in [1.165, 1.54) is 11.1 Å². The van der Waals surface area contributed by atoms with Crippen LogP contribution in [0.2, 0.25) is 0 Å². The van der Waals surface area contributed by atoms with Gasteiger partial charge in [0.25, 0.3) is 0 Å². The zero-order valence-electron chi connectivity index (χ0n) is 11.1. The second-order valence-electron chi connectivity index (χ2n) is 5.60. The Bertz CT molecular complexity index is 604. The molecule has 0 saturated carbocycles. The standard InChI is InChI=1S/C14H19N3O/c1-8-4-9(2)12-10(5-8)16-13(17-12)14(3)7-18-6-11(14)15/h4-5,11H,6-7,15H2,1-3H3,(H,16,17). The number of hydrogen-bond donors (Lipinski definition) is 2. The molecule has 2 aromatic rings. The molecule has 1 aromatic heterocycles. The zero-order valence-corrected chi connectivity index (χ0v) is 11.1. The van der Waals surface area contributed by atoms with E-state index < -0.39 is 0 Å². The summed E-state index contributed by atoms with van der Waals surface area (Å²) in [5.74, 6) is 0.941. The van der Waals surface area contributed by atoms with E-state index in [4.69, 9.17) is 15.5 Å². The van der Waals surface area contributed by atoms with Gasteiger partial charge < -0.3 is 15.5 Å². The lowest BCUT2D eigenvalue weighted by atomic mass is 9.85. The van der Waals surface area contributed by atoms with Crippen molar-refractivity contribution in [3.63, 3.8) is 0 Å². The molecule has 0 bridgehead atoms. The number of imidazole rings is 1. The third kappa shape index (κ3) is 1.56. The molecule has 3 rings (SSSR count). The number of hydrogen-bond acceptors (Lipinski definition) is 3. The second kappa shape index (κ2) is 3.80. The minimum atomic E-state index is -0.209. The van der Waals surface area contributed by atoms with Crippen LogP contribution in [0.25, 0.3) is 11.0 Å². The van der Waals surface area contributed by atoms with Gasteiger partial charge in [-0.3, -0.25) is 0 Å². The van der Waals surface area contributed by atoms with Crippen LogP contribution in [0.5, 0.6) is 0 Å². The fraction of sp³-hybridized carbons (Fsp3) is 0.500. The highest BCUT2D eigenvalue weighted by Gasteiger charge is 2.41. The van der Waals surface area contributed by atoms with Crippen LogP contribution in [-0.4, -0.2) is 29.2 Å². The highest BCUT2D eigenvalue weighted by molar-refractivity contribution is 5.79. The Labute approximate surface area is 107 Å². The van der Waals surface area contributed by atoms with Crippen LogP contribution in [0.1, 0.15) is 23.9 Å². The van der Waals surface area contributed by atoms with Crippen molar-refractivity contribution in [3.8, 4) is 0 Å². The minimum Gasteiger partial charge on any atom is -0.379 e. The summed E-state index contributed by atoms with van der Waals surface area (Å²) in [5, 5.41) is 0.